The number of carbonyl (C=O) groups excluding carboxylic acids is 1. The normalized spacial score (nSPS) is 14.2. The Balaban J connectivity index is 1.58. The van der Waals surface area contributed by atoms with E-state index in [0.717, 1.165) is 17.3 Å². The molecule has 33 heavy (non-hydrogen) atoms. The number of anilines is 2. The molecule has 0 atom stereocenters. The Morgan fingerprint density at radius 1 is 1.09 bits per heavy atom. The minimum absolute atomic E-state index is 0.0581. The van der Waals surface area contributed by atoms with Crippen LogP contribution < -0.4 is 15.0 Å². The number of rotatable bonds is 6. The molecule has 0 spiro atoms. The van der Waals surface area contributed by atoms with Gasteiger partial charge in [0.1, 0.15) is 10.6 Å². The molecule has 0 saturated carbocycles. The number of nitrogens with zero attached hydrogens (tertiary/aromatic N) is 2. The Morgan fingerprint density at radius 2 is 1.82 bits per heavy atom. The monoisotopic (exact) mass is 501 g/mol. The van der Waals surface area contributed by atoms with Crippen molar-refractivity contribution >= 4 is 55.8 Å². The van der Waals surface area contributed by atoms with Gasteiger partial charge in [-0.1, -0.05) is 65.8 Å². The molecule has 1 N–H and O–H groups in total. The standard InChI is InChI=1S/C23H20ClN3O4S2/c1-31-20-12-11-17(24)13-18(20)25-22(28)15-32-23-26-33(29,30)21-10-6-5-9-19(21)27(23)14-16-7-3-2-4-8-16/h2-13H,14-15H2,1H3,(H,25,28). The molecule has 0 saturated heterocycles. The molecular weight excluding hydrogens is 482 g/mol. The molecule has 0 bridgehead atoms. The number of nitrogens with one attached hydrogen (secondary N) is 1. The van der Waals surface area contributed by atoms with Crippen molar-refractivity contribution in [3.63, 3.8) is 0 Å². The van der Waals surface area contributed by atoms with Crippen LogP contribution in [0.4, 0.5) is 11.4 Å². The minimum atomic E-state index is -3.88. The van der Waals surface area contributed by atoms with E-state index in [4.69, 9.17) is 16.3 Å². The van der Waals surface area contributed by atoms with Crippen molar-refractivity contribution in [1.82, 2.24) is 0 Å². The lowest BCUT2D eigenvalue weighted by Gasteiger charge is -2.30. The van der Waals surface area contributed by atoms with Crippen molar-refractivity contribution in [1.29, 1.82) is 0 Å². The predicted molar refractivity (Wildman–Crippen MR) is 133 cm³/mol. The van der Waals surface area contributed by atoms with Gasteiger partial charge in [-0.15, -0.1) is 4.40 Å². The third-order valence-corrected chi connectivity index (χ3v) is 7.46. The van der Waals surface area contributed by atoms with Crippen molar-refractivity contribution in [3.05, 3.63) is 83.4 Å². The first-order chi connectivity index (χ1) is 15.9. The summed E-state index contributed by atoms with van der Waals surface area (Å²) < 4.78 is 34.8. The molecule has 0 radical (unpaired) electrons. The summed E-state index contributed by atoms with van der Waals surface area (Å²) in [6, 6.07) is 21.3. The van der Waals surface area contributed by atoms with Gasteiger partial charge in [-0.25, -0.2) is 0 Å². The molecule has 3 aromatic carbocycles. The summed E-state index contributed by atoms with van der Waals surface area (Å²) in [5.41, 5.74) is 1.93. The van der Waals surface area contributed by atoms with E-state index in [0.29, 0.717) is 28.7 Å². The van der Waals surface area contributed by atoms with Gasteiger partial charge in [0.05, 0.1) is 30.8 Å². The van der Waals surface area contributed by atoms with Crippen LogP contribution in [0.2, 0.25) is 5.02 Å². The average Bonchev–Trinajstić information content (AvgIpc) is 2.81. The number of para-hydroxylation sites is 1. The van der Waals surface area contributed by atoms with Gasteiger partial charge < -0.3 is 15.0 Å². The zero-order chi connectivity index (χ0) is 23.4. The lowest BCUT2D eigenvalue weighted by atomic mass is 10.2. The van der Waals surface area contributed by atoms with Gasteiger partial charge in [0.2, 0.25) is 5.91 Å². The summed E-state index contributed by atoms with van der Waals surface area (Å²) in [6.45, 7) is 0.406. The van der Waals surface area contributed by atoms with Crippen LogP contribution in [0.1, 0.15) is 5.56 Å². The molecule has 4 rings (SSSR count). The smallest absolute Gasteiger partial charge is 0.286 e. The van der Waals surface area contributed by atoms with E-state index in [1.807, 2.05) is 35.2 Å². The topological polar surface area (TPSA) is 88.1 Å². The maximum atomic E-state index is 12.8. The Labute approximate surface area is 201 Å². The molecule has 1 aliphatic heterocycles. The van der Waals surface area contributed by atoms with E-state index >= 15 is 0 Å². The number of benzene rings is 3. The van der Waals surface area contributed by atoms with Crippen molar-refractivity contribution in [2.45, 2.75) is 11.4 Å². The van der Waals surface area contributed by atoms with Crippen LogP contribution in [-0.4, -0.2) is 32.4 Å². The van der Waals surface area contributed by atoms with E-state index < -0.39 is 10.0 Å². The van der Waals surface area contributed by atoms with Gasteiger partial charge >= 0.3 is 0 Å². The highest BCUT2D eigenvalue weighted by Crippen LogP contribution is 2.35. The van der Waals surface area contributed by atoms with Gasteiger partial charge in [-0.2, -0.15) is 8.42 Å². The highest BCUT2D eigenvalue weighted by molar-refractivity contribution is 8.15. The zero-order valence-electron chi connectivity index (χ0n) is 17.6. The van der Waals surface area contributed by atoms with Crippen LogP contribution in [0.5, 0.6) is 5.75 Å². The highest BCUT2D eigenvalue weighted by atomic mass is 35.5. The van der Waals surface area contributed by atoms with Crippen LogP contribution in [-0.2, 0) is 21.4 Å². The van der Waals surface area contributed by atoms with E-state index in [2.05, 4.69) is 9.71 Å². The van der Waals surface area contributed by atoms with Crippen LogP contribution in [0.3, 0.4) is 0 Å². The molecule has 1 amide bonds. The number of halogens is 1. The number of hydrogen-bond acceptors (Lipinski definition) is 6. The summed E-state index contributed by atoms with van der Waals surface area (Å²) >= 11 is 7.07. The third-order valence-electron chi connectivity index (χ3n) is 4.81. The van der Waals surface area contributed by atoms with E-state index in [9.17, 15) is 13.2 Å². The quantitative estimate of drug-likeness (QED) is 0.522. The summed E-state index contributed by atoms with van der Waals surface area (Å²) in [5, 5.41) is 3.43. The molecular formula is C23H20ClN3O4S2. The molecule has 7 nitrogen and oxygen atoms in total. The van der Waals surface area contributed by atoms with Crippen molar-refractivity contribution < 1.29 is 17.9 Å². The number of methoxy groups -OCH3 is 1. The maximum absolute atomic E-state index is 12.8. The lowest BCUT2D eigenvalue weighted by Crippen LogP contribution is -2.34. The fourth-order valence-electron chi connectivity index (χ4n) is 3.32. The zero-order valence-corrected chi connectivity index (χ0v) is 20.0. The maximum Gasteiger partial charge on any atom is 0.286 e. The first kappa shape index (κ1) is 23.2. The van der Waals surface area contributed by atoms with Gasteiger partial charge in [-0.05, 0) is 35.9 Å². The number of fused-ring (bicyclic) bond motifs is 1. The van der Waals surface area contributed by atoms with Crippen molar-refractivity contribution in [3.8, 4) is 5.75 Å². The summed E-state index contributed by atoms with van der Waals surface area (Å²) in [4.78, 5) is 14.6. The van der Waals surface area contributed by atoms with Crippen LogP contribution >= 0.6 is 23.4 Å². The largest absolute Gasteiger partial charge is 0.495 e. The van der Waals surface area contributed by atoms with Gasteiger partial charge in [0.25, 0.3) is 10.0 Å². The number of carbonyl (C=O) groups is 1. The van der Waals surface area contributed by atoms with Crippen LogP contribution in [0.25, 0.3) is 0 Å². The molecule has 170 valence electrons. The number of thioether (sulfide) groups is 1. The molecule has 0 aliphatic carbocycles. The molecule has 3 aromatic rings. The van der Waals surface area contributed by atoms with Crippen molar-refractivity contribution in [2.75, 3.05) is 23.1 Å². The predicted octanol–water partition coefficient (Wildman–Crippen LogP) is 4.79. The lowest BCUT2D eigenvalue weighted by molar-refractivity contribution is -0.113. The minimum Gasteiger partial charge on any atom is -0.495 e. The second kappa shape index (κ2) is 9.86. The Kier molecular flexibility index (Phi) is 6.92. The summed E-state index contributed by atoms with van der Waals surface area (Å²) in [5.74, 6) is 0.0615. The number of amidine groups is 1. The Bertz CT molecular complexity index is 1310. The third kappa shape index (κ3) is 5.32. The number of hydrogen-bond donors (Lipinski definition) is 1. The van der Waals surface area contributed by atoms with E-state index in [1.165, 1.54) is 13.2 Å². The Hall–Kier alpha value is -3.01. The number of amides is 1. The molecule has 0 aromatic heterocycles. The summed E-state index contributed by atoms with van der Waals surface area (Å²) in [6.07, 6.45) is 0. The van der Waals surface area contributed by atoms with Gasteiger partial charge in [0.15, 0.2) is 5.17 Å². The summed E-state index contributed by atoms with van der Waals surface area (Å²) in [7, 11) is -2.39. The number of ether oxygens (including phenoxy) is 1. The molecule has 0 fully saturated rings. The fraction of sp³-hybridized carbons (Fsp3) is 0.130. The first-order valence-corrected chi connectivity index (χ1v) is 12.7. The molecule has 0 unspecified atom stereocenters. The first-order valence-electron chi connectivity index (χ1n) is 9.89. The number of sulfonamides is 1. The highest BCUT2D eigenvalue weighted by Gasteiger charge is 2.31. The second-order valence-electron chi connectivity index (χ2n) is 7.07. The van der Waals surface area contributed by atoms with Crippen LogP contribution in [0.15, 0.2) is 82.1 Å². The molecule has 1 heterocycles. The second-order valence-corrected chi connectivity index (χ2v) is 10.0. The van der Waals surface area contributed by atoms with E-state index in [1.54, 1.807) is 36.4 Å². The fourth-order valence-corrected chi connectivity index (χ4v) is 5.74. The SMILES string of the molecule is COc1ccc(Cl)cc1NC(=O)CSC1=NS(=O)(=O)c2ccccc2N1Cc1ccccc1. The molecule has 1 aliphatic rings. The Morgan fingerprint density at radius 3 is 2.58 bits per heavy atom. The van der Waals surface area contributed by atoms with Gasteiger partial charge in [-0.3, -0.25) is 4.79 Å². The van der Waals surface area contributed by atoms with Gasteiger partial charge in [0, 0.05) is 5.02 Å². The average molecular weight is 502 g/mol. The molecule has 10 heteroatoms. The van der Waals surface area contributed by atoms with E-state index in [-0.39, 0.29) is 21.7 Å². The van der Waals surface area contributed by atoms with Crippen molar-refractivity contribution in [2.24, 2.45) is 4.40 Å². The van der Waals surface area contributed by atoms with Crippen LogP contribution in [0, 0.1) is 0 Å².